The molecule has 3 N–H and O–H groups in total. The summed E-state index contributed by atoms with van der Waals surface area (Å²) in [6.07, 6.45) is 1.68. The number of carbonyl (C=O) groups excluding carboxylic acids is 1. The number of nitrogen functional groups attached to an aromatic ring is 1. The average Bonchev–Trinajstić information content (AvgIpc) is 2.44. The molecule has 0 spiro atoms. The Balaban J connectivity index is 1.85. The van der Waals surface area contributed by atoms with E-state index >= 15 is 0 Å². The van der Waals surface area contributed by atoms with Crippen LogP contribution in [0.5, 0.6) is 0 Å². The summed E-state index contributed by atoms with van der Waals surface area (Å²) in [5, 5.41) is 5.44. The van der Waals surface area contributed by atoms with Crippen molar-refractivity contribution in [2.75, 3.05) is 24.1 Å². The molecule has 0 saturated carbocycles. The van der Waals surface area contributed by atoms with Crippen molar-refractivity contribution in [2.45, 2.75) is 39.7 Å². The van der Waals surface area contributed by atoms with Crippen LogP contribution in [0.3, 0.4) is 0 Å². The van der Waals surface area contributed by atoms with Crippen molar-refractivity contribution in [1.82, 2.24) is 10.0 Å². The number of hydrogen-bond acceptors (Lipinski definition) is 6. The van der Waals surface area contributed by atoms with Crippen molar-refractivity contribution < 1.29 is 9.63 Å². The molecule has 122 valence electrons. The van der Waals surface area contributed by atoms with Crippen LogP contribution < -0.4 is 11.1 Å². The largest absolute Gasteiger partial charge is 0.396 e. The quantitative estimate of drug-likeness (QED) is 0.831. The summed E-state index contributed by atoms with van der Waals surface area (Å²) < 4.78 is 0. The van der Waals surface area contributed by atoms with Crippen LogP contribution in [-0.2, 0) is 9.63 Å². The average molecular weight is 327 g/mol. The smallest absolute Gasteiger partial charge is 0.330 e. The summed E-state index contributed by atoms with van der Waals surface area (Å²) >= 11 is 5.89. The van der Waals surface area contributed by atoms with Crippen LogP contribution in [0.2, 0.25) is 5.15 Å². The van der Waals surface area contributed by atoms with Crippen LogP contribution in [-0.4, -0.2) is 35.1 Å². The molecule has 0 aromatic carbocycles. The van der Waals surface area contributed by atoms with E-state index in [0.29, 0.717) is 29.7 Å². The van der Waals surface area contributed by atoms with E-state index in [2.05, 4.69) is 10.3 Å². The second kappa shape index (κ2) is 6.71. The van der Waals surface area contributed by atoms with Crippen molar-refractivity contribution in [3.63, 3.8) is 0 Å². The van der Waals surface area contributed by atoms with Crippen molar-refractivity contribution in [2.24, 2.45) is 5.41 Å². The Labute approximate surface area is 135 Å². The molecule has 6 nitrogen and oxygen atoms in total. The first-order chi connectivity index (χ1) is 10.3. The standard InChI is InChI=1S/C15H23ClN4O2/c1-15(2,3)14(21)22-20-8-6-10(7-9-20)18-13-11(17)4-5-12(16)19-13/h4-5,10H,6-9,17H2,1-3H3,(H,18,19). The van der Waals surface area contributed by atoms with Gasteiger partial charge in [-0.3, -0.25) is 0 Å². The van der Waals surface area contributed by atoms with Gasteiger partial charge in [0, 0.05) is 19.1 Å². The summed E-state index contributed by atoms with van der Waals surface area (Å²) in [6, 6.07) is 3.63. The first kappa shape index (κ1) is 16.8. The Morgan fingerprint density at radius 1 is 1.41 bits per heavy atom. The third-order valence-electron chi connectivity index (χ3n) is 3.51. The van der Waals surface area contributed by atoms with Crippen LogP contribution in [0.4, 0.5) is 11.5 Å². The molecule has 0 aliphatic carbocycles. The summed E-state index contributed by atoms with van der Waals surface area (Å²) in [5.74, 6) is 0.400. The Kier molecular flexibility index (Phi) is 5.13. The number of nitrogens with zero attached hydrogens (tertiary/aromatic N) is 2. The number of hydroxylamine groups is 2. The summed E-state index contributed by atoms with van der Waals surface area (Å²) in [7, 11) is 0. The van der Waals surface area contributed by atoms with Crippen LogP contribution in [0.15, 0.2) is 12.1 Å². The van der Waals surface area contributed by atoms with E-state index in [1.165, 1.54) is 0 Å². The molecule has 0 unspecified atom stereocenters. The molecule has 7 heteroatoms. The van der Waals surface area contributed by atoms with Gasteiger partial charge < -0.3 is 15.9 Å². The molecule has 1 fully saturated rings. The van der Waals surface area contributed by atoms with Crippen LogP contribution in [0.1, 0.15) is 33.6 Å². The molecule has 1 aliphatic heterocycles. The Morgan fingerprint density at radius 2 is 2.05 bits per heavy atom. The molecule has 2 heterocycles. The summed E-state index contributed by atoms with van der Waals surface area (Å²) in [4.78, 5) is 21.5. The third-order valence-corrected chi connectivity index (χ3v) is 3.72. The molecule has 0 atom stereocenters. The molecule has 2 rings (SSSR count). The van der Waals surface area contributed by atoms with E-state index in [1.807, 2.05) is 20.8 Å². The van der Waals surface area contributed by atoms with Crippen LogP contribution in [0, 0.1) is 5.41 Å². The van der Waals surface area contributed by atoms with Crippen molar-refractivity contribution >= 4 is 29.1 Å². The topological polar surface area (TPSA) is 80.5 Å². The number of anilines is 2. The molecule has 0 bridgehead atoms. The highest BCUT2D eigenvalue weighted by molar-refractivity contribution is 6.29. The number of piperidine rings is 1. The van der Waals surface area contributed by atoms with Gasteiger partial charge in [0.25, 0.3) is 0 Å². The normalized spacial score (nSPS) is 17.3. The van der Waals surface area contributed by atoms with Crippen molar-refractivity contribution in [1.29, 1.82) is 0 Å². The highest BCUT2D eigenvalue weighted by Crippen LogP contribution is 2.23. The highest BCUT2D eigenvalue weighted by atomic mass is 35.5. The Bertz CT molecular complexity index is 537. The number of nitrogens with two attached hydrogens (primary N) is 1. The monoisotopic (exact) mass is 326 g/mol. The molecule has 1 aromatic heterocycles. The molecule has 0 radical (unpaired) electrons. The second-order valence-electron chi connectivity index (χ2n) is 6.55. The third kappa shape index (κ3) is 4.48. The zero-order valence-electron chi connectivity index (χ0n) is 13.2. The first-order valence-electron chi connectivity index (χ1n) is 7.41. The zero-order chi connectivity index (χ0) is 16.3. The predicted octanol–water partition coefficient (Wildman–Crippen LogP) is 2.70. The summed E-state index contributed by atoms with van der Waals surface area (Å²) in [6.45, 7) is 6.89. The van der Waals surface area contributed by atoms with Gasteiger partial charge in [0.1, 0.15) is 5.15 Å². The number of nitrogens with one attached hydrogen (secondary N) is 1. The first-order valence-corrected chi connectivity index (χ1v) is 7.79. The number of carbonyl (C=O) groups is 1. The minimum absolute atomic E-state index is 0.209. The van der Waals surface area contributed by atoms with Crippen molar-refractivity contribution in [3.8, 4) is 0 Å². The van der Waals surface area contributed by atoms with E-state index in [0.717, 1.165) is 12.8 Å². The number of hydrogen-bond donors (Lipinski definition) is 2. The minimum atomic E-state index is -0.492. The number of pyridine rings is 1. The molecule has 1 aromatic rings. The van der Waals surface area contributed by atoms with E-state index < -0.39 is 5.41 Å². The van der Waals surface area contributed by atoms with Gasteiger partial charge in [-0.25, -0.2) is 9.78 Å². The van der Waals surface area contributed by atoms with Gasteiger partial charge in [0.15, 0.2) is 5.82 Å². The Morgan fingerprint density at radius 3 is 2.64 bits per heavy atom. The fourth-order valence-electron chi connectivity index (χ4n) is 2.10. The van der Waals surface area contributed by atoms with E-state index in [9.17, 15) is 4.79 Å². The lowest BCUT2D eigenvalue weighted by molar-refractivity contribution is -0.204. The van der Waals surface area contributed by atoms with Gasteiger partial charge in [0.05, 0.1) is 11.1 Å². The van der Waals surface area contributed by atoms with Gasteiger partial charge in [0.2, 0.25) is 0 Å². The number of aromatic nitrogens is 1. The van der Waals surface area contributed by atoms with E-state index in [1.54, 1.807) is 17.2 Å². The lowest BCUT2D eigenvalue weighted by Crippen LogP contribution is -2.42. The minimum Gasteiger partial charge on any atom is -0.396 e. The lowest BCUT2D eigenvalue weighted by atomic mass is 9.98. The molecular weight excluding hydrogens is 304 g/mol. The molecular formula is C15H23ClN4O2. The summed E-state index contributed by atoms with van der Waals surface area (Å²) in [5.41, 5.74) is 5.97. The number of rotatable bonds is 3. The van der Waals surface area contributed by atoms with Gasteiger partial charge in [-0.15, -0.1) is 5.06 Å². The van der Waals surface area contributed by atoms with Crippen molar-refractivity contribution in [3.05, 3.63) is 17.3 Å². The highest BCUT2D eigenvalue weighted by Gasteiger charge is 2.28. The SMILES string of the molecule is CC(C)(C)C(=O)ON1CCC(Nc2nc(Cl)ccc2N)CC1. The maximum Gasteiger partial charge on any atom is 0.330 e. The van der Waals surface area contributed by atoms with Gasteiger partial charge >= 0.3 is 5.97 Å². The fourth-order valence-corrected chi connectivity index (χ4v) is 2.25. The molecule has 1 saturated heterocycles. The number of halogens is 1. The van der Waals surface area contributed by atoms with E-state index in [-0.39, 0.29) is 12.0 Å². The second-order valence-corrected chi connectivity index (χ2v) is 6.94. The van der Waals surface area contributed by atoms with E-state index in [4.69, 9.17) is 22.2 Å². The van der Waals surface area contributed by atoms with Gasteiger partial charge in [-0.2, -0.15) is 0 Å². The zero-order valence-corrected chi connectivity index (χ0v) is 14.0. The van der Waals surface area contributed by atoms with Crippen LogP contribution >= 0.6 is 11.6 Å². The Hall–Kier alpha value is -1.53. The molecule has 22 heavy (non-hydrogen) atoms. The maximum absolute atomic E-state index is 11.9. The lowest BCUT2D eigenvalue weighted by Gasteiger charge is -2.32. The van der Waals surface area contributed by atoms with Gasteiger partial charge in [-0.05, 0) is 45.7 Å². The van der Waals surface area contributed by atoms with Gasteiger partial charge in [-0.1, -0.05) is 11.6 Å². The van der Waals surface area contributed by atoms with Crippen LogP contribution in [0.25, 0.3) is 0 Å². The molecule has 0 amide bonds. The predicted molar refractivity (Wildman–Crippen MR) is 87.4 cm³/mol. The maximum atomic E-state index is 11.9. The molecule has 1 aliphatic rings. The fraction of sp³-hybridized carbons (Fsp3) is 0.600.